The van der Waals surface area contributed by atoms with Crippen molar-refractivity contribution in [3.8, 4) is 5.75 Å². The third-order valence-electron chi connectivity index (χ3n) is 2.04. The number of aromatic nitrogens is 3. The Balaban J connectivity index is 2.16. The highest BCUT2D eigenvalue weighted by atomic mass is 16.5. The van der Waals surface area contributed by atoms with Crippen molar-refractivity contribution in [1.29, 1.82) is 0 Å². The second-order valence-electron chi connectivity index (χ2n) is 3.19. The van der Waals surface area contributed by atoms with Crippen LogP contribution in [0.5, 0.6) is 5.75 Å². The minimum atomic E-state index is 0.429. The quantitative estimate of drug-likeness (QED) is 0.807. The molecule has 1 heterocycles. The Bertz CT molecular complexity index is 452. The third-order valence-corrected chi connectivity index (χ3v) is 2.04. The summed E-state index contributed by atoms with van der Waals surface area (Å²) in [6, 6.07) is 7.80. The van der Waals surface area contributed by atoms with Gasteiger partial charge in [0, 0.05) is 0 Å². The zero-order chi connectivity index (χ0) is 10.7. The molecule has 0 fully saturated rings. The number of hydrogen-bond donors (Lipinski definition) is 1. The molecule has 2 rings (SSSR count). The van der Waals surface area contributed by atoms with Crippen LogP contribution in [0.1, 0.15) is 5.56 Å². The van der Waals surface area contributed by atoms with E-state index < -0.39 is 0 Å². The largest absolute Gasteiger partial charge is 0.497 e. The highest BCUT2D eigenvalue weighted by Gasteiger charge is 1.99. The van der Waals surface area contributed by atoms with Crippen molar-refractivity contribution in [1.82, 2.24) is 15.0 Å². The van der Waals surface area contributed by atoms with Crippen molar-refractivity contribution in [2.24, 2.45) is 0 Å². The van der Waals surface area contributed by atoms with Crippen LogP contribution >= 0.6 is 0 Å². The number of nitrogens with zero attached hydrogens (tertiary/aromatic N) is 3. The van der Waals surface area contributed by atoms with E-state index in [1.54, 1.807) is 18.0 Å². The molecular weight excluding hydrogens is 192 g/mol. The van der Waals surface area contributed by atoms with Crippen molar-refractivity contribution in [2.45, 2.75) is 6.54 Å². The molecule has 78 valence electrons. The summed E-state index contributed by atoms with van der Waals surface area (Å²) in [6.07, 6.45) is 1.69. The summed E-state index contributed by atoms with van der Waals surface area (Å²) in [4.78, 5) is 0. The number of anilines is 1. The van der Waals surface area contributed by atoms with E-state index in [0.29, 0.717) is 12.4 Å². The first-order valence-electron chi connectivity index (χ1n) is 4.56. The van der Waals surface area contributed by atoms with E-state index in [0.717, 1.165) is 11.3 Å². The second-order valence-corrected chi connectivity index (χ2v) is 3.19. The third kappa shape index (κ3) is 2.25. The Morgan fingerprint density at radius 1 is 1.47 bits per heavy atom. The fraction of sp³-hybridized carbons (Fsp3) is 0.200. The number of hydrogen-bond acceptors (Lipinski definition) is 4. The topological polar surface area (TPSA) is 66.0 Å². The van der Waals surface area contributed by atoms with Crippen molar-refractivity contribution in [3.05, 3.63) is 36.0 Å². The minimum absolute atomic E-state index is 0.429. The molecule has 5 nitrogen and oxygen atoms in total. The van der Waals surface area contributed by atoms with Gasteiger partial charge in [0.25, 0.3) is 0 Å². The molecule has 0 unspecified atom stereocenters. The molecule has 0 aliphatic heterocycles. The van der Waals surface area contributed by atoms with Gasteiger partial charge in [0.2, 0.25) is 0 Å². The first-order chi connectivity index (χ1) is 7.28. The normalized spacial score (nSPS) is 10.2. The van der Waals surface area contributed by atoms with Gasteiger partial charge < -0.3 is 10.5 Å². The van der Waals surface area contributed by atoms with Crippen LogP contribution in [-0.2, 0) is 6.54 Å². The Morgan fingerprint density at radius 2 is 2.33 bits per heavy atom. The lowest BCUT2D eigenvalue weighted by Crippen LogP contribution is -2.00. The second kappa shape index (κ2) is 4.00. The summed E-state index contributed by atoms with van der Waals surface area (Å²) in [6.45, 7) is 0.640. The summed E-state index contributed by atoms with van der Waals surface area (Å²) in [5.41, 5.74) is 6.57. The lowest BCUT2D eigenvalue weighted by Gasteiger charge is -2.03. The lowest BCUT2D eigenvalue weighted by molar-refractivity contribution is 0.414. The number of benzene rings is 1. The summed E-state index contributed by atoms with van der Waals surface area (Å²) in [5, 5.41) is 7.58. The van der Waals surface area contributed by atoms with Crippen LogP contribution in [0.3, 0.4) is 0 Å². The van der Waals surface area contributed by atoms with Gasteiger partial charge in [-0.1, -0.05) is 17.3 Å². The van der Waals surface area contributed by atoms with Crippen molar-refractivity contribution < 1.29 is 4.74 Å². The van der Waals surface area contributed by atoms with Gasteiger partial charge in [0.05, 0.1) is 19.9 Å². The van der Waals surface area contributed by atoms with E-state index in [1.807, 2.05) is 24.3 Å². The maximum absolute atomic E-state index is 5.47. The predicted octanol–water partition coefficient (Wildman–Crippen LogP) is 0.917. The number of ether oxygens (including phenoxy) is 1. The average molecular weight is 204 g/mol. The number of nitrogens with two attached hydrogens (primary N) is 1. The van der Waals surface area contributed by atoms with Gasteiger partial charge in [0.15, 0.2) is 5.82 Å². The fourth-order valence-electron chi connectivity index (χ4n) is 1.35. The lowest BCUT2D eigenvalue weighted by atomic mass is 10.2. The van der Waals surface area contributed by atoms with E-state index in [2.05, 4.69) is 10.3 Å². The molecule has 0 atom stereocenters. The maximum Gasteiger partial charge on any atom is 0.165 e. The SMILES string of the molecule is COc1cccc(Cn2cc(N)nn2)c1. The molecule has 0 aliphatic carbocycles. The summed E-state index contributed by atoms with van der Waals surface area (Å²) in [7, 11) is 1.65. The Kier molecular flexibility index (Phi) is 2.53. The molecule has 15 heavy (non-hydrogen) atoms. The van der Waals surface area contributed by atoms with Gasteiger partial charge >= 0.3 is 0 Å². The van der Waals surface area contributed by atoms with Crippen molar-refractivity contribution in [2.75, 3.05) is 12.8 Å². The Hall–Kier alpha value is -2.04. The van der Waals surface area contributed by atoms with Gasteiger partial charge in [-0.05, 0) is 17.7 Å². The molecule has 2 N–H and O–H groups in total. The van der Waals surface area contributed by atoms with Crippen molar-refractivity contribution in [3.63, 3.8) is 0 Å². The Labute approximate surface area is 87.5 Å². The fourth-order valence-corrected chi connectivity index (χ4v) is 1.35. The molecular formula is C10H12N4O. The van der Waals surface area contributed by atoms with Crippen LogP contribution in [0.15, 0.2) is 30.5 Å². The summed E-state index contributed by atoms with van der Waals surface area (Å²) >= 11 is 0. The first-order valence-corrected chi connectivity index (χ1v) is 4.56. The molecule has 0 saturated heterocycles. The highest BCUT2D eigenvalue weighted by molar-refractivity contribution is 5.29. The number of rotatable bonds is 3. The molecule has 1 aromatic heterocycles. The molecule has 0 saturated carbocycles. The molecule has 5 heteroatoms. The van der Waals surface area contributed by atoms with Crippen LogP contribution in [-0.4, -0.2) is 22.1 Å². The predicted molar refractivity (Wildman–Crippen MR) is 56.5 cm³/mol. The van der Waals surface area contributed by atoms with Crippen LogP contribution in [0, 0.1) is 0 Å². The average Bonchev–Trinajstić information content (AvgIpc) is 2.64. The van der Waals surface area contributed by atoms with Crippen LogP contribution in [0.4, 0.5) is 5.82 Å². The zero-order valence-corrected chi connectivity index (χ0v) is 8.42. The number of methoxy groups -OCH3 is 1. The Morgan fingerprint density at radius 3 is 3.00 bits per heavy atom. The molecule has 0 spiro atoms. The van der Waals surface area contributed by atoms with Gasteiger partial charge in [-0.2, -0.15) is 0 Å². The van der Waals surface area contributed by atoms with Gasteiger partial charge in [-0.15, -0.1) is 5.10 Å². The van der Waals surface area contributed by atoms with Crippen LogP contribution in [0.25, 0.3) is 0 Å². The highest BCUT2D eigenvalue weighted by Crippen LogP contribution is 2.13. The molecule has 0 bridgehead atoms. The summed E-state index contributed by atoms with van der Waals surface area (Å²) in [5.74, 6) is 1.26. The molecule has 0 amide bonds. The van der Waals surface area contributed by atoms with Crippen LogP contribution < -0.4 is 10.5 Å². The molecule has 2 aromatic rings. The smallest absolute Gasteiger partial charge is 0.165 e. The van der Waals surface area contributed by atoms with Crippen LogP contribution in [0.2, 0.25) is 0 Å². The standard InChI is InChI=1S/C10H12N4O/c1-15-9-4-2-3-8(5-9)6-14-7-10(11)12-13-14/h2-5,7H,6,11H2,1H3. The molecule has 0 aliphatic rings. The molecule has 0 radical (unpaired) electrons. The van der Waals surface area contributed by atoms with Gasteiger partial charge in [-0.3, -0.25) is 0 Å². The summed E-state index contributed by atoms with van der Waals surface area (Å²) < 4.78 is 6.81. The van der Waals surface area contributed by atoms with E-state index in [1.165, 1.54) is 0 Å². The first kappa shape index (κ1) is 9.51. The van der Waals surface area contributed by atoms with E-state index in [9.17, 15) is 0 Å². The van der Waals surface area contributed by atoms with E-state index in [4.69, 9.17) is 10.5 Å². The zero-order valence-electron chi connectivity index (χ0n) is 8.42. The van der Waals surface area contributed by atoms with E-state index in [-0.39, 0.29) is 0 Å². The number of nitrogen functional groups attached to an aromatic ring is 1. The van der Waals surface area contributed by atoms with Crippen molar-refractivity contribution >= 4 is 5.82 Å². The van der Waals surface area contributed by atoms with Gasteiger partial charge in [0.1, 0.15) is 5.75 Å². The maximum atomic E-state index is 5.47. The molecule has 1 aromatic carbocycles. The minimum Gasteiger partial charge on any atom is -0.497 e. The van der Waals surface area contributed by atoms with Gasteiger partial charge in [-0.25, -0.2) is 4.68 Å². The van der Waals surface area contributed by atoms with E-state index >= 15 is 0 Å². The monoisotopic (exact) mass is 204 g/mol.